The molecule has 2 aromatic rings. The lowest BCUT2D eigenvalue weighted by atomic mass is 9.86. The first-order chi connectivity index (χ1) is 8.86. The second-order valence-electron chi connectivity index (χ2n) is 5.36. The number of hydrogen-bond donors (Lipinski definition) is 0. The molecule has 1 fully saturated rings. The fourth-order valence-corrected chi connectivity index (χ4v) is 3.08. The molecular weight excluding hydrogens is 220 g/mol. The van der Waals surface area contributed by atoms with Gasteiger partial charge in [-0.3, -0.25) is 4.68 Å². The van der Waals surface area contributed by atoms with E-state index in [9.17, 15) is 0 Å². The molecule has 0 N–H and O–H groups in total. The third-order valence-electron chi connectivity index (χ3n) is 4.12. The van der Waals surface area contributed by atoms with Crippen molar-refractivity contribution < 1.29 is 0 Å². The van der Waals surface area contributed by atoms with Crippen molar-refractivity contribution in [3.63, 3.8) is 0 Å². The van der Waals surface area contributed by atoms with Gasteiger partial charge in [0.25, 0.3) is 0 Å². The molecule has 1 saturated carbocycles. The number of rotatable bonds is 2. The Hall–Kier alpha value is -1.57. The van der Waals surface area contributed by atoms with E-state index in [1.165, 1.54) is 36.9 Å². The normalized spacial score (nSPS) is 24.1. The van der Waals surface area contributed by atoms with Crippen molar-refractivity contribution >= 4 is 0 Å². The molecule has 0 spiro atoms. The van der Waals surface area contributed by atoms with E-state index < -0.39 is 0 Å². The summed E-state index contributed by atoms with van der Waals surface area (Å²) in [6, 6.07) is 13.3. The van der Waals surface area contributed by atoms with Crippen LogP contribution in [0, 0.1) is 5.92 Å². The van der Waals surface area contributed by atoms with E-state index in [-0.39, 0.29) is 0 Å². The zero-order valence-corrected chi connectivity index (χ0v) is 10.9. The van der Waals surface area contributed by atoms with E-state index in [1.807, 2.05) is 6.20 Å². The smallest absolute Gasteiger partial charge is 0.0685 e. The topological polar surface area (TPSA) is 17.8 Å². The van der Waals surface area contributed by atoms with Crippen LogP contribution in [0.2, 0.25) is 0 Å². The van der Waals surface area contributed by atoms with Gasteiger partial charge in [0.2, 0.25) is 0 Å². The van der Waals surface area contributed by atoms with Crippen LogP contribution in [0.4, 0.5) is 0 Å². The lowest BCUT2D eigenvalue weighted by Gasteiger charge is -2.30. The Bertz CT molecular complexity index is 501. The highest BCUT2D eigenvalue weighted by molar-refractivity contribution is 5.59. The predicted molar refractivity (Wildman–Crippen MR) is 74.3 cm³/mol. The largest absolute Gasteiger partial charge is 0.262 e. The minimum absolute atomic E-state index is 0.573. The summed E-state index contributed by atoms with van der Waals surface area (Å²) in [6.45, 7) is 2.36. The SMILES string of the molecule is CC1CCCCC1n1nccc1-c1ccccc1. The molecule has 94 valence electrons. The van der Waals surface area contributed by atoms with Gasteiger partial charge in [-0.2, -0.15) is 5.10 Å². The van der Waals surface area contributed by atoms with Crippen LogP contribution < -0.4 is 0 Å². The second-order valence-corrected chi connectivity index (χ2v) is 5.36. The van der Waals surface area contributed by atoms with Gasteiger partial charge < -0.3 is 0 Å². The van der Waals surface area contributed by atoms with E-state index in [4.69, 9.17) is 0 Å². The van der Waals surface area contributed by atoms with Crippen molar-refractivity contribution in [3.05, 3.63) is 42.6 Å². The first-order valence-corrected chi connectivity index (χ1v) is 6.95. The summed E-state index contributed by atoms with van der Waals surface area (Å²) in [4.78, 5) is 0. The molecule has 2 nitrogen and oxygen atoms in total. The van der Waals surface area contributed by atoms with Gasteiger partial charge in [0.1, 0.15) is 0 Å². The maximum Gasteiger partial charge on any atom is 0.0685 e. The minimum Gasteiger partial charge on any atom is -0.262 e. The Morgan fingerprint density at radius 2 is 1.83 bits per heavy atom. The molecule has 1 aromatic carbocycles. The van der Waals surface area contributed by atoms with Gasteiger partial charge in [-0.1, -0.05) is 50.1 Å². The van der Waals surface area contributed by atoms with Gasteiger partial charge in [0.05, 0.1) is 11.7 Å². The Balaban J connectivity index is 1.96. The quantitative estimate of drug-likeness (QED) is 0.765. The van der Waals surface area contributed by atoms with E-state index >= 15 is 0 Å². The van der Waals surface area contributed by atoms with Crippen molar-refractivity contribution in [3.8, 4) is 11.3 Å². The summed E-state index contributed by atoms with van der Waals surface area (Å²) in [5.41, 5.74) is 2.53. The summed E-state index contributed by atoms with van der Waals surface area (Å²) >= 11 is 0. The van der Waals surface area contributed by atoms with Crippen molar-refractivity contribution in [2.75, 3.05) is 0 Å². The zero-order valence-electron chi connectivity index (χ0n) is 10.9. The average Bonchev–Trinajstić information content (AvgIpc) is 2.89. The molecule has 2 heteroatoms. The molecule has 3 rings (SSSR count). The third kappa shape index (κ3) is 2.07. The van der Waals surface area contributed by atoms with Crippen molar-refractivity contribution in [1.29, 1.82) is 0 Å². The van der Waals surface area contributed by atoms with Gasteiger partial charge in [-0.25, -0.2) is 0 Å². The van der Waals surface area contributed by atoms with Gasteiger partial charge in [0, 0.05) is 6.20 Å². The molecular formula is C16H20N2. The molecule has 0 amide bonds. The summed E-state index contributed by atoms with van der Waals surface area (Å²) in [5.74, 6) is 0.737. The molecule has 2 unspecified atom stereocenters. The Morgan fingerprint density at radius 3 is 2.61 bits per heavy atom. The second kappa shape index (κ2) is 4.97. The Kier molecular flexibility index (Phi) is 3.18. The lowest BCUT2D eigenvalue weighted by molar-refractivity contribution is 0.242. The number of nitrogens with zero attached hydrogens (tertiary/aromatic N) is 2. The van der Waals surface area contributed by atoms with E-state index in [0.717, 1.165) is 5.92 Å². The van der Waals surface area contributed by atoms with Crippen LogP contribution in [0.25, 0.3) is 11.3 Å². The predicted octanol–water partition coefficient (Wildman–Crippen LogP) is 4.30. The minimum atomic E-state index is 0.573. The maximum absolute atomic E-state index is 4.58. The zero-order chi connectivity index (χ0) is 12.4. The first-order valence-electron chi connectivity index (χ1n) is 6.95. The molecule has 1 aromatic heterocycles. The highest BCUT2D eigenvalue weighted by Gasteiger charge is 2.25. The van der Waals surface area contributed by atoms with Gasteiger partial charge in [0.15, 0.2) is 0 Å². The molecule has 0 aliphatic heterocycles. The molecule has 18 heavy (non-hydrogen) atoms. The van der Waals surface area contributed by atoms with Crippen molar-refractivity contribution in [2.24, 2.45) is 5.92 Å². The van der Waals surface area contributed by atoms with Gasteiger partial charge >= 0.3 is 0 Å². The summed E-state index contributed by atoms with van der Waals surface area (Å²) < 4.78 is 2.25. The van der Waals surface area contributed by atoms with E-state index in [2.05, 4.69) is 53.1 Å². The number of benzene rings is 1. The van der Waals surface area contributed by atoms with Gasteiger partial charge in [-0.15, -0.1) is 0 Å². The van der Waals surface area contributed by atoms with Crippen LogP contribution in [0.1, 0.15) is 38.6 Å². The molecule has 1 aliphatic rings. The fraction of sp³-hybridized carbons (Fsp3) is 0.438. The third-order valence-corrected chi connectivity index (χ3v) is 4.12. The highest BCUT2D eigenvalue weighted by atomic mass is 15.3. The van der Waals surface area contributed by atoms with Crippen LogP contribution in [0.3, 0.4) is 0 Å². The van der Waals surface area contributed by atoms with Gasteiger partial charge in [-0.05, 0) is 30.4 Å². The van der Waals surface area contributed by atoms with Crippen LogP contribution in [-0.4, -0.2) is 9.78 Å². The number of aromatic nitrogens is 2. The summed E-state index contributed by atoms with van der Waals surface area (Å²) in [5, 5.41) is 4.58. The molecule has 2 atom stereocenters. The molecule has 0 saturated heterocycles. The summed E-state index contributed by atoms with van der Waals surface area (Å²) in [7, 11) is 0. The van der Waals surface area contributed by atoms with Crippen LogP contribution in [0.15, 0.2) is 42.6 Å². The standard InChI is InChI=1S/C16H20N2/c1-13-7-5-6-10-15(13)18-16(11-12-17-18)14-8-3-2-4-9-14/h2-4,8-9,11-13,15H,5-7,10H2,1H3. The average molecular weight is 240 g/mol. The van der Waals surface area contributed by atoms with E-state index in [1.54, 1.807) is 0 Å². The molecule has 1 aliphatic carbocycles. The van der Waals surface area contributed by atoms with Crippen LogP contribution >= 0.6 is 0 Å². The van der Waals surface area contributed by atoms with Crippen LogP contribution in [0.5, 0.6) is 0 Å². The molecule has 0 bridgehead atoms. The molecule has 0 radical (unpaired) electrons. The van der Waals surface area contributed by atoms with Crippen molar-refractivity contribution in [1.82, 2.24) is 9.78 Å². The fourth-order valence-electron chi connectivity index (χ4n) is 3.08. The Morgan fingerprint density at radius 1 is 1.06 bits per heavy atom. The van der Waals surface area contributed by atoms with Crippen LogP contribution in [-0.2, 0) is 0 Å². The molecule has 1 heterocycles. The maximum atomic E-state index is 4.58. The highest BCUT2D eigenvalue weighted by Crippen LogP contribution is 2.35. The Labute approximate surface area is 109 Å². The van der Waals surface area contributed by atoms with E-state index in [0.29, 0.717) is 6.04 Å². The summed E-state index contributed by atoms with van der Waals surface area (Å²) in [6.07, 6.45) is 7.24. The first kappa shape index (κ1) is 11.5. The number of hydrogen-bond acceptors (Lipinski definition) is 1. The monoisotopic (exact) mass is 240 g/mol. The lowest BCUT2D eigenvalue weighted by Crippen LogP contribution is -2.22. The van der Waals surface area contributed by atoms with Crippen molar-refractivity contribution in [2.45, 2.75) is 38.6 Å².